The summed E-state index contributed by atoms with van der Waals surface area (Å²) >= 11 is 0. The molecule has 0 spiro atoms. The number of hydrogen-bond acceptors (Lipinski definition) is 3. The van der Waals surface area contributed by atoms with E-state index in [9.17, 15) is 18.0 Å². The SMILES string of the molecule is O=C(O)COn1c(-c2ccccc2)nc2ccc(C(F)(F)F)cc21. The Bertz CT molecular complexity index is 889. The molecule has 1 heterocycles. The Morgan fingerprint density at radius 3 is 2.50 bits per heavy atom. The summed E-state index contributed by atoms with van der Waals surface area (Å²) < 4.78 is 39.8. The van der Waals surface area contributed by atoms with Gasteiger partial charge in [0.25, 0.3) is 0 Å². The first-order valence-electron chi connectivity index (χ1n) is 6.86. The number of aliphatic carboxylic acids is 1. The lowest BCUT2D eigenvalue weighted by atomic mass is 10.2. The van der Waals surface area contributed by atoms with Crippen molar-refractivity contribution < 1.29 is 27.9 Å². The molecule has 0 atom stereocenters. The Morgan fingerprint density at radius 2 is 1.88 bits per heavy atom. The summed E-state index contributed by atoms with van der Waals surface area (Å²) in [6.07, 6.45) is -4.52. The van der Waals surface area contributed by atoms with E-state index < -0.39 is 24.3 Å². The Kier molecular flexibility index (Phi) is 3.88. The van der Waals surface area contributed by atoms with Crippen LogP contribution in [0.1, 0.15) is 5.56 Å². The van der Waals surface area contributed by atoms with E-state index in [0.29, 0.717) is 5.56 Å². The van der Waals surface area contributed by atoms with Gasteiger partial charge in [0.15, 0.2) is 5.82 Å². The molecule has 0 amide bonds. The van der Waals surface area contributed by atoms with Crippen molar-refractivity contribution in [3.63, 3.8) is 0 Å². The molecule has 0 unspecified atom stereocenters. The number of carbonyl (C=O) groups is 1. The smallest absolute Gasteiger partial charge is 0.416 e. The highest BCUT2D eigenvalue weighted by Crippen LogP contribution is 2.32. The van der Waals surface area contributed by atoms with E-state index in [-0.39, 0.29) is 16.9 Å². The summed E-state index contributed by atoms with van der Waals surface area (Å²) in [6, 6.07) is 11.7. The number of benzene rings is 2. The fraction of sp³-hybridized carbons (Fsp3) is 0.125. The quantitative estimate of drug-likeness (QED) is 0.794. The number of carboxylic acids is 1. The highest BCUT2D eigenvalue weighted by Gasteiger charge is 2.31. The zero-order valence-electron chi connectivity index (χ0n) is 12.1. The molecule has 5 nitrogen and oxygen atoms in total. The van der Waals surface area contributed by atoms with Gasteiger partial charge in [0.2, 0.25) is 6.61 Å². The van der Waals surface area contributed by atoms with E-state index in [1.807, 2.05) is 0 Å². The topological polar surface area (TPSA) is 64.3 Å². The van der Waals surface area contributed by atoms with Gasteiger partial charge in [-0.25, -0.2) is 9.78 Å². The maximum absolute atomic E-state index is 12.9. The molecule has 1 aromatic heterocycles. The molecule has 8 heteroatoms. The molecule has 0 fully saturated rings. The van der Waals surface area contributed by atoms with Crippen LogP contribution in [0.5, 0.6) is 0 Å². The molecule has 0 saturated carbocycles. The summed E-state index contributed by atoms with van der Waals surface area (Å²) in [5.41, 5.74) is 0.0412. The van der Waals surface area contributed by atoms with Gasteiger partial charge in [0.05, 0.1) is 11.1 Å². The minimum absolute atomic E-state index is 0.0462. The maximum Gasteiger partial charge on any atom is 0.416 e. The summed E-state index contributed by atoms with van der Waals surface area (Å²) in [6.45, 7) is -0.707. The van der Waals surface area contributed by atoms with Crippen LogP contribution in [-0.2, 0) is 11.0 Å². The Labute approximate surface area is 133 Å². The van der Waals surface area contributed by atoms with Gasteiger partial charge in [-0.15, -0.1) is 0 Å². The molecule has 0 bridgehead atoms. The first kappa shape index (κ1) is 15.9. The normalized spacial score (nSPS) is 11.6. The van der Waals surface area contributed by atoms with Gasteiger partial charge >= 0.3 is 12.1 Å². The average molecular weight is 336 g/mol. The summed E-state index contributed by atoms with van der Waals surface area (Å²) in [5.74, 6) is -1.02. The zero-order chi connectivity index (χ0) is 17.3. The van der Waals surface area contributed by atoms with Crippen LogP contribution in [0.25, 0.3) is 22.4 Å². The molecule has 3 aromatic rings. The van der Waals surface area contributed by atoms with Crippen molar-refractivity contribution in [2.24, 2.45) is 0 Å². The van der Waals surface area contributed by atoms with Crippen LogP contribution in [0.4, 0.5) is 13.2 Å². The van der Waals surface area contributed by atoms with Crippen LogP contribution in [0.15, 0.2) is 48.5 Å². The average Bonchev–Trinajstić information content (AvgIpc) is 2.90. The molecule has 124 valence electrons. The molecule has 0 aliphatic rings. The van der Waals surface area contributed by atoms with Crippen molar-refractivity contribution in [1.82, 2.24) is 9.71 Å². The Morgan fingerprint density at radius 1 is 1.17 bits per heavy atom. The lowest BCUT2D eigenvalue weighted by Crippen LogP contribution is -2.20. The number of alkyl halides is 3. The first-order valence-corrected chi connectivity index (χ1v) is 6.86. The molecule has 3 rings (SSSR count). The first-order chi connectivity index (χ1) is 11.4. The number of carboxylic acid groups (broad SMARTS) is 1. The second-order valence-electron chi connectivity index (χ2n) is 4.96. The summed E-state index contributed by atoms with van der Waals surface area (Å²) in [7, 11) is 0. The fourth-order valence-corrected chi connectivity index (χ4v) is 2.25. The van der Waals surface area contributed by atoms with Gasteiger partial charge in [-0.2, -0.15) is 17.9 Å². The zero-order valence-corrected chi connectivity index (χ0v) is 12.1. The van der Waals surface area contributed by atoms with Crippen molar-refractivity contribution in [3.05, 3.63) is 54.1 Å². The molecule has 24 heavy (non-hydrogen) atoms. The molecular formula is C16H11F3N2O3. The van der Waals surface area contributed by atoms with Gasteiger partial charge in [0, 0.05) is 5.56 Å². The van der Waals surface area contributed by atoms with Crippen LogP contribution in [-0.4, -0.2) is 27.4 Å². The predicted octanol–water partition coefficient (Wildman–Crippen LogP) is 3.24. The third-order valence-electron chi connectivity index (χ3n) is 3.29. The van der Waals surface area contributed by atoms with E-state index >= 15 is 0 Å². The molecule has 0 aliphatic carbocycles. The number of imidazole rings is 1. The Balaban J connectivity index is 2.19. The number of hydrogen-bond donors (Lipinski definition) is 1. The number of rotatable bonds is 4. The molecular weight excluding hydrogens is 325 g/mol. The van der Waals surface area contributed by atoms with Crippen LogP contribution in [0, 0.1) is 0 Å². The summed E-state index contributed by atoms with van der Waals surface area (Å²) in [4.78, 5) is 20.2. The number of halogens is 3. The number of aromatic nitrogens is 2. The van der Waals surface area contributed by atoms with Crippen molar-refractivity contribution in [2.75, 3.05) is 6.61 Å². The minimum atomic E-state index is -4.52. The van der Waals surface area contributed by atoms with Crippen LogP contribution in [0.2, 0.25) is 0 Å². The molecule has 1 N–H and O–H groups in total. The summed E-state index contributed by atoms with van der Waals surface area (Å²) in [5, 5.41) is 8.79. The van der Waals surface area contributed by atoms with Gasteiger partial charge in [-0.3, -0.25) is 0 Å². The van der Waals surface area contributed by atoms with E-state index in [0.717, 1.165) is 16.9 Å². The minimum Gasteiger partial charge on any atom is -0.479 e. The highest BCUT2D eigenvalue weighted by atomic mass is 19.4. The standard InChI is InChI=1S/C16H11F3N2O3/c17-16(18,19)11-6-7-12-13(8-11)21(24-9-14(22)23)15(20-12)10-4-2-1-3-5-10/h1-8H,9H2,(H,22,23). The fourth-order valence-electron chi connectivity index (χ4n) is 2.25. The van der Waals surface area contributed by atoms with E-state index in [2.05, 4.69) is 4.98 Å². The third-order valence-corrected chi connectivity index (χ3v) is 3.29. The molecule has 0 aliphatic heterocycles. The van der Waals surface area contributed by atoms with E-state index in [1.165, 1.54) is 6.07 Å². The van der Waals surface area contributed by atoms with Crippen LogP contribution < -0.4 is 4.84 Å². The predicted molar refractivity (Wildman–Crippen MR) is 79.3 cm³/mol. The third kappa shape index (κ3) is 3.03. The molecule has 0 saturated heterocycles. The molecule has 0 radical (unpaired) electrons. The monoisotopic (exact) mass is 336 g/mol. The van der Waals surface area contributed by atoms with Crippen molar-refractivity contribution in [1.29, 1.82) is 0 Å². The molecule has 2 aromatic carbocycles. The van der Waals surface area contributed by atoms with Crippen LogP contribution in [0.3, 0.4) is 0 Å². The van der Waals surface area contributed by atoms with E-state index in [1.54, 1.807) is 30.3 Å². The van der Waals surface area contributed by atoms with Crippen molar-refractivity contribution in [3.8, 4) is 11.4 Å². The largest absolute Gasteiger partial charge is 0.479 e. The second-order valence-corrected chi connectivity index (χ2v) is 4.96. The number of nitrogens with zero attached hydrogens (tertiary/aromatic N) is 2. The van der Waals surface area contributed by atoms with Crippen molar-refractivity contribution >= 4 is 17.0 Å². The van der Waals surface area contributed by atoms with Gasteiger partial charge in [-0.1, -0.05) is 30.3 Å². The second kappa shape index (κ2) is 5.88. The van der Waals surface area contributed by atoms with Crippen LogP contribution >= 0.6 is 0 Å². The van der Waals surface area contributed by atoms with E-state index in [4.69, 9.17) is 9.94 Å². The van der Waals surface area contributed by atoms with Crippen molar-refractivity contribution in [2.45, 2.75) is 6.18 Å². The number of fused-ring (bicyclic) bond motifs is 1. The van der Waals surface area contributed by atoms with Gasteiger partial charge in [0.1, 0.15) is 5.52 Å². The van der Waals surface area contributed by atoms with Gasteiger partial charge in [-0.05, 0) is 18.2 Å². The lowest BCUT2D eigenvalue weighted by Gasteiger charge is -2.10. The lowest BCUT2D eigenvalue weighted by molar-refractivity contribution is -0.142. The highest BCUT2D eigenvalue weighted by molar-refractivity contribution is 5.81. The van der Waals surface area contributed by atoms with Gasteiger partial charge < -0.3 is 9.94 Å². The Hall–Kier alpha value is -3.03. The maximum atomic E-state index is 12.9.